The van der Waals surface area contributed by atoms with Gasteiger partial charge < -0.3 is 19.7 Å². The van der Waals surface area contributed by atoms with Crippen LogP contribution in [0.2, 0.25) is 0 Å². The minimum Gasteiger partial charge on any atom is -0.493 e. The first-order chi connectivity index (χ1) is 10.2. The maximum absolute atomic E-state index is 5.35. The molecule has 4 nitrogen and oxygen atoms in total. The van der Waals surface area contributed by atoms with Crippen LogP contribution in [0.3, 0.4) is 0 Å². The molecule has 0 amide bonds. The Hall–Kier alpha value is -1.26. The van der Waals surface area contributed by atoms with Gasteiger partial charge in [-0.25, -0.2) is 0 Å². The van der Waals surface area contributed by atoms with E-state index in [-0.39, 0.29) is 0 Å². The van der Waals surface area contributed by atoms with Crippen LogP contribution in [0.15, 0.2) is 18.2 Å². The third-order valence-electron chi connectivity index (χ3n) is 4.25. The predicted molar refractivity (Wildman–Crippen MR) is 86.4 cm³/mol. The van der Waals surface area contributed by atoms with Crippen molar-refractivity contribution in [3.8, 4) is 11.5 Å². The van der Waals surface area contributed by atoms with Crippen molar-refractivity contribution in [3.63, 3.8) is 0 Å². The average Bonchev–Trinajstić information content (AvgIpc) is 2.72. The smallest absolute Gasteiger partial charge is 0.160 e. The monoisotopic (exact) mass is 292 g/mol. The Balaban J connectivity index is 1.80. The summed E-state index contributed by atoms with van der Waals surface area (Å²) < 4.78 is 10.6. The number of ether oxygens (including phenoxy) is 2. The van der Waals surface area contributed by atoms with Crippen molar-refractivity contribution in [3.05, 3.63) is 23.8 Å². The molecule has 0 spiro atoms. The van der Waals surface area contributed by atoms with E-state index in [9.17, 15) is 0 Å². The third kappa shape index (κ3) is 4.90. The minimum absolute atomic E-state index is 0.662. The normalized spacial score (nSPS) is 20.0. The first-order valence-electron chi connectivity index (χ1n) is 7.85. The van der Waals surface area contributed by atoms with Crippen LogP contribution in [0.5, 0.6) is 11.5 Å². The lowest BCUT2D eigenvalue weighted by Gasteiger charge is -2.17. The zero-order valence-electron chi connectivity index (χ0n) is 13.5. The molecule has 0 aromatic heterocycles. The Morgan fingerprint density at radius 1 is 1.14 bits per heavy atom. The summed E-state index contributed by atoms with van der Waals surface area (Å²) >= 11 is 0. The first kappa shape index (κ1) is 16.1. The molecule has 0 aliphatic carbocycles. The topological polar surface area (TPSA) is 33.7 Å². The molecule has 1 aromatic carbocycles. The molecule has 4 heteroatoms. The summed E-state index contributed by atoms with van der Waals surface area (Å²) in [5.74, 6) is 1.60. The molecular formula is C17H28N2O2. The molecule has 1 unspecified atom stereocenters. The van der Waals surface area contributed by atoms with Crippen molar-refractivity contribution < 1.29 is 9.47 Å². The Morgan fingerprint density at radius 2 is 1.95 bits per heavy atom. The van der Waals surface area contributed by atoms with E-state index in [2.05, 4.69) is 29.4 Å². The molecule has 1 aromatic rings. The van der Waals surface area contributed by atoms with Crippen LogP contribution >= 0.6 is 0 Å². The zero-order chi connectivity index (χ0) is 15.1. The highest BCUT2D eigenvalue weighted by Crippen LogP contribution is 2.27. The van der Waals surface area contributed by atoms with Gasteiger partial charge in [0.05, 0.1) is 14.2 Å². The average molecular weight is 292 g/mol. The highest BCUT2D eigenvalue weighted by Gasteiger charge is 2.14. The third-order valence-corrected chi connectivity index (χ3v) is 4.25. The molecule has 1 aliphatic rings. The van der Waals surface area contributed by atoms with Crippen molar-refractivity contribution in [2.45, 2.75) is 31.7 Å². The maximum Gasteiger partial charge on any atom is 0.160 e. The van der Waals surface area contributed by atoms with E-state index in [1.807, 2.05) is 6.07 Å². The predicted octanol–water partition coefficient (Wildman–Crippen LogP) is 2.32. The van der Waals surface area contributed by atoms with Gasteiger partial charge in [-0.05, 0) is 70.1 Å². The van der Waals surface area contributed by atoms with Gasteiger partial charge in [0.1, 0.15) is 0 Å². The lowest BCUT2D eigenvalue weighted by molar-refractivity contribution is 0.344. The summed E-state index contributed by atoms with van der Waals surface area (Å²) in [5, 5.41) is 3.70. The zero-order valence-corrected chi connectivity index (χ0v) is 13.5. The second-order valence-electron chi connectivity index (χ2n) is 5.82. The second-order valence-corrected chi connectivity index (χ2v) is 5.82. The lowest BCUT2D eigenvalue weighted by atomic mass is 10.1. The van der Waals surface area contributed by atoms with Crippen molar-refractivity contribution in [2.75, 3.05) is 40.9 Å². The summed E-state index contributed by atoms with van der Waals surface area (Å²) in [5.41, 5.74) is 1.28. The van der Waals surface area contributed by atoms with E-state index in [1.165, 1.54) is 37.9 Å². The highest BCUT2D eigenvalue weighted by atomic mass is 16.5. The number of hydrogen-bond donors (Lipinski definition) is 1. The molecule has 1 fully saturated rings. The van der Waals surface area contributed by atoms with Gasteiger partial charge in [-0.3, -0.25) is 0 Å². The summed E-state index contributed by atoms with van der Waals surface area (Å²) in [6, 6.07) is 6.83. The van der Waals surface area contributed by atoms with Gasteiger partial charge in [0.25, 0.3) is 0 Å². The Bertz CT molecular complexity index is 437. The van der Waals surface area contributed by atoms with Crippen LogP contribution in [0.1, 0.15) is 24.8 Å². The number of nitrogens with zero attached hydrogens (tertiary/aromatic N) is 1. The lowest BCUT2D eigenvalue weighted by Crippen LogP contribution is -2.31. The highest BCUT2D eigenvalue weighted by molar-refractivity contribution is 5.42. The van der Waals surface area contributed by atoms with Crippen LogP contribution in [-0.2, 0) is 6.42 Å². The molecule has 0 bridgehead atoms. The fraction of sp³-hybridized carbons (Fsp3) is 0.647. The number of methoxy groups -OCH3 is 2. The van der Waals surface area contributed by atoms with Gasteiger partial charge in [0.15, 0.2) is 11.5 Å². The molecule has 0 saturated carbocycles. The molecule has 2 rings (SSSR count). The van der Waals surface area contributed by atoms with Gasteiger partial charge in [0.2, 0.25) is 0 Å². The van der Waals surface area contributed by atoms with Gasteiger partial charge in [-0.15, -0.1) is 0 Å². The van der Waals surface area contributed by atoms with Crippen molar-refractivity contribution in [1.29, 1.82) is 0 Å². The van der Waals surface area contributed by atoms with E-state index < -0.39 is 0 Å². The quantitative estimate of drug-likeness (QED) is 0.872. The molecule has 21 heavy (non-hydrogen) atoms. The van der Waals surface area contributed by atoms with Crippen molar-refractivity contribution in [1.82, 2.24) is 10.2 Å². The van der Waals surface area contributed by atoms with E-state index in [0.717, 1.165) is 24.5 Å². The standard InChI is InChI=1S/C17H28N2O2/c1-19-11-4-5-15(9-12-19)18-10-8-14-6-7-16(20-2)17(13-14)21-3/h6-7,13,15,18H,4-5,8-12H2,1-3H3. The fourth-order valence-electron chi connectivity index (χ4n) is 2.90. The Labute approximate surface area is 128 Å². The number of hydrogen-bond acceptors (Lipinski definition) is 4. The number of rotatable bonds is 6. The van der Waals surface area contributed by atoms with Gasteiger partial charge in [-0.1, -0.05) is 6.07 Å². The number of benzene rings is 1. The van der Waals surface area contributed by atoms with E-state index in [1.54, 1.807) is 14.2 Å². The van der Waals surface area contributed by atoms with Crippen molar-refractivity contribution in [2.24, 2.45) is 0 Å². The van der Waals surface area contributed by atoms with E-state index in [0.29, 0.717) is 6.04 Å². The molecule has 0 radical (unpaired) electrons. The summed E-state index contributed by atoms with van der Waals surface area (Å²) in [7, 11) is 5.57. The van der Waals surface area contributed by atoms with Gasteiger partial charge in [0, 0.05) is 6.04 Å². The van der Waals surface area contributed by atoms with E-state index >= 15 is 0 Å². The SMILES string of the molecule is COc1ccc(CCNC2CCCN(C)CC2)cc1OC. The van der Waals surface area contributed by atoms with Crippen LogP contribution in [0.25, 0.3) is 0 Å². The Kier molecular flexibility index (Phi) is 6.33. The van der Waals surface area contributed by atoms with Gasteiger partial charge in [-0.2, -0.15) is 0 Å². The molecule has 1 N–H and O–H groups in total. The number of nitrogens with one attached hydrogen (secondary N) is 1. The minimum atomic E-state index is 0.662. The first-order valence-corrected chi connectivity index (χ1v) is 7.85. The molecule has 118 valence electrons. The van der Waals surface area contributed by atoms with Crippen LogP contribution in [0.4, 0.5) is 0 Å². The summed E-state index contributed by atoms with van der Waals surface area (Å²) in [4.78, 5) is 2.43. The molecular weight excluding hydrogens is 264 g/mol. The van der Waals surface area contributed by atoms with Crippen molar-refractivity contribution >= 4 is 0 Å². The van der Waals surface area contributed by atoms with Crippen LogP contribution in [0, 0.1) is 0 Å². The van der Waals surface area contributed by atoms with E-state index in [4.69, 9.17) is 9.47 Å². The maximum atomic E-state index is 5.35. The van der Waals surface area contributed by atoms with Gasteiger partial charge >= 0.3 is 0 Å². The molecule has 1 atom stereocenters. The number of likely N-dealkylation sites (tertiary alicyclic amines) is 1. The summed E-state index contributed by atoms with van der Waals surface area (Å²) in [6.45, 7) is 3.45. The summed E-state index contributed by atoms with van der Waals surface area (Å²) in [6.07, 6.45) is 4.86. The van der Waals surface area contributed by atoms with Crippen LogP contribution in [-0.4, -0.2) is 51.8 Å². The van der Waals surface area contributed by atoms with Crippen LogP contribution < -0.4 is 14.8 Å². The molecule has 1 aliphatic heterocycles. The Morgan fingerprint density at radius 3 is 2.71 bits per heavy atom. The second kappa shape index (κ2) is 8.25. The fourth-order valence-corrected chi connectivity index (χ4v) is 2.90. The molecule has 1 heterocycles. The largest absolute Gasteiger partial charge is 0.493 e. The molecule has 1 saturated heterocycles.